The first-order valence-electron chi connectivity index (χ1n) is 5.70. The number of hydrogen-bond donors (Lipinski definition) is 2. The predicted octanol–water partition coefficient (Wildman–Crippen LogP) is 1.66. The van der Waals surface area contributed by atoms with Gasteiger partial charge in [-0.15, -0.1) is 0 Å². The molecule has 2 aliphatic rings. The molecule has 4 unspecified atom stereocenters. The van der Waals surface area contributed by atoms with Crippen molar-refractivity contribution >= 4 is 0 Å². The van der Waals surface area contributed by atoms with Crippen LogP contribution in [0.25, 0.3) is 0 Å². The summed E-state index contributed by atoms with van der Waals surface area (Å²) in [6, 6.07) is 0. The molecule has 0 aromatic rings. The second-order valence-electron chi connectivity index (χ2n) is 5.92. The van der Waals surface area contributed by atoms with Gasteiger partial charge in [0.25, 0.3) is 0 Å². The van der Waals surface area contributed by atoms with Gasteiger partial charge in [-0.3, -0.25) is 0 Å². The van der Waals surface area contributed by atoms with Crippen molar-refractivity contribution in [2.24, 2.45) is 28.6 Å². The van der Waals surface area contributed by atoms with E-state index in [1.54, 1.807) is 0 Å². The van der Waals surface area contributed by atoms with Gasteiger partial charge >= 0.3 is 0 Å². The third-order valence-electron chi connectivity index (χ3n) is 5.63. The summed E-state index contributed by atoms with van der Waals surface area (Å²) in [5.41, 5.74) is 0.521. The van der Waals surface area contributed by atoms with Crippen molar-refractivity contribution in [3.8, 4) is 0 Å². The molecule has 0 radical (unpaired) electrons. The van der Waals surface area contributed by atoms with Gasteiger partial charge in [0.05, 0.1) is 0 Å². The van der Waals surface area contributed by atoms with Crippen molar-refractivity contribution in [1.82, 2.24) is 0 Å². The van der Waals surface area contributed by atoms with Gasteiger partial charge in [0.1, 0.15) is 0 Å². The van der Waals surface area contributed by atoms with Crippen LogP contribution in [0.5, 0.6) is 0 Å². The fourth-order valence-corrected chi connectivity index (χ4v) is 4.32. The lowest BCUT2D eigenvalue weighted by molar-refractivity contribution is 0.0300. The Labute approximate surface area is 86.3 Å². The van der Waals surface area contributed by atoms with Crippen LogP contribution in [0.4, 0.5) is 0 Å². The second-order valence-corrected chi connectivity index (χ2v) is 5.92. The van der Waals surface area contributed by atoms with Gasteiger partial charge < -0.3 is 10.2 Å². The van der Waals surface area contributed by atoms with Crippen LogP contribution in [0.15, 0.2) is 0 Å². The van der Waals surface area contributed by atoms with Gasteiger partial charge in [-0.1, -0.05) is 20.8 Å². The Balaban J connectivity index is 2.38. The molecule has 0 spiro atoms. The molecule has 2 rings (SSSR count). The van der Waals surface area contributed by atoms with E-state index in [9.17, 15) is 10.2 Å². The highest BCUT2D eigenvalue weighted by atomic mass is 16.3. The Morgan fingerprint density at radius 1 is 1.14 bits per heavy atom. The van der Waals surface area contributed by atoms with Crippen LogP contribution in [0.2, 0.25) is 0 Å². The summed E-state index contributed by atoms with van der Waals surface area (Å²) in [6.07, 6.45) is 2.44. The van der Waals surface area contributed by atoms with Crippen molar-refractivity contribution in [3.05, 3.63) is 0 Å². The minimum absolute atomic E-state index is 0.236. The zero-order chi connectivity index (χ0) is 10.6. The molecule has 2 heteroatoms. The Morgan fingerprint density at radius 2 is 1.79 bits per heavy atom. The molecule has 2 bridgehead atoms. The lowest BCUT2D eigenvalue weighted by atomic mass is 9.66. The van der Waals surface area contributed by atoms with Crippen LogP contribution in [0.3, 0.4) is 0 Å². The molecule has 4 atom stereocenters. The van der Waals surface area contributed by atoms with E-state index < -0.39 is 0 Å². The Bertz CT molecular complexity index is 236. The molecule has 2 nitrogen and oxygen atoms in total. The van der Waals surface area contributed by atoms with Crippen molar-refractivity contribution in [2.75, 3.05) is 13.2 Å². The van der Waals surface area contributed by atoms with Crippen LogP contribution in [0, 0.1) is 28.6 Å². The molecule has 2 N–H and O–H groups in total. The van der Waals surface area contributed by atoms with Crippen molar-refractivity contribution in [2.45, 2.75) is 33.6 Å². The smallest absolute Gasteiger partial charge is 0.0468 e. The van der Waals surface area contributed by atoms with Gasteiger partial charge in [0.15, 0.2) is 0 Å². The van der Waals surface area contributed by atoms with Crippen LogP contribution >= 0.6 is 0 Å². The molecule has 0 heterocycles. The lowest BCUT2D eigenvalue weighted by Crippen LogP contribution is -2.36. The standard InChI is InChI=1S/C12H22O2/c1-11(2)9-4-5-12(11,3)10(7-14)8(9)6-13/h8-10,13-14H,4-7H2,1-3H3. The van der Waals surface area contributed by atoms with Crippen molar-refractivity contribution < 1.29 is 10.2 Å². The van der Waals surface area contributed by atoms with Gasteiger partial charge in [-0.05, 0) is 41.4 Å². The summed E-state index contributed by atoms with van der Waals surface area (Å²) in [7, 11) is 0. The molecule has 2 aliphatic carbocycles. The quantitative estimate of drug-likeness (QED) is 0.708. The summed E-state index contributed by atoms with van der Waals surface area (Å²) in [6.45, 7) is 7.39. The summed E-state index contributed by atoms with van der Waals surface area (Å²) in [4.78, 5) is 0. The molecular formula is C12H22O2. The fourth-order valence-electron chi connectivity index (χ4n) is 4.32. The predicted molar refractivity (Wildman–Crippen MR) is 55.8 cm³/mol. The molecule has 0 aliphatic heterocycles. The molecular weight excluding hydrogens is 176 g/mol. The van der Waals surface area contributed by atoms with Crippen LogP contribution in [-0.2, 0) is 0 Å². The lowest BCUT2D eigenvalue weighted by Gasteiger charge is -2.39. The number of aliphatic hydroxyl groups is 2. The molecule has 2 saturated carbocycles. The first kappa shape index (κ1) is 10.4. The van der Waals surface area contributed by atoms with E-state index in [1.165, 1.54) is 12.8 Å². The highest BCUT2D eigenvalue weighted by Crippen LogP contribution is 2.69. The summed E-state index contributed by atoms with van der Waals surface area (Å²) in [5.74, 6) is 1.24. The summed E-state index contributed by atoms with van der Waals surface area (Å²) < 4.78 is 0. The van der Waals surface area contributed by atoms with Crippen LogP contribution in [0.1, 0.15) is 33.6 Å². The molecule has 2 fully saturated rings. The van der Waals surface area contributed by atoms with Crippen LogP contribution < -0.4 is 0 Å². The third-order valence-corrected chi connectivity index (χ3v) is 5.63. The SMILES string of the molecule is CC1(C)C2CCC1(C)C(CO)C2CO. The Kier molecular flexibility index (Phi) is 2.20. The maximum absolute atomic E-state index is 9.48. The highest BCUT2D eigenvalue weighted by Gasteiger charge is 2.65. The molecule has 0 aromatic carbocycles. The minimum atomic E-state index is 0.236. The molecule has 14 heavy (non-hydrogen) atoms. The van der Waals surface area contributed by atoms with E-state index >= 15 is 0 Å². The van der Waals surface area contributed by atoms with Gasteiger partial charge in [0, 0.05) is 13.2 Å². The normalized spacial score (nSPS) is 49.9. The molecule has 0 amide bonds. The zero-order valence-corrected chi connectivity index (χ0v) is 9.45. The monoisotopic (exact) mass is 198 g/mol. The average Bonchev–Trinajstić information content (AvgIpc) is 2.46. The molecule has 82 valence electrons. The maximum atomic E-state index is 9.48. The largest absolute Gasteiger partial charge is 0.396 e. The third kappa shape index (κ3) is 0.938. The molecule has 0 aromatic heterocycles. The summed E-state index contributed by atoms with van der Waals surface area (Å²) >= 11 is 0. The van der Waals surface area contributed by atoms with Crippen molar-refractivity contribution in [1.29, 1.82) is 0 Å². The number of aliphatic hydroxyl groups excluding tert-OH is 2. The van der Waals surface area contributed by atoms with E-state index in [-0.39, 0.29) is 24.0 Å². The first-order chi connectivity index (χ1) is 6.49. The van der Waals surface area contributed by atoms with E-state index in [4.69, 9.17) is 0 Å². The van der Waals surface area contributed by atoms with E-state index in [1.807, 2.05) is 0 Å². The van der Waals surface area contributed by atoms with Gasteiger partial charge in [-0.2, -0.15) is 0 Å². The maximum Gasteiger partial charge on any atom is 0.0468 e. The second kappa shape index (κ2) is 2.96. The minimum Gasteiger partial charge on any atom is -0.396 e. The van der Waals surface area contributed by atoms with Crippen molar-refractivity contribution in [3.63, 3.8) is 0 Å². The Morgan fingerprint density at radius 3 is 2.21 bits per heavy atom. The van der Waals surface area contributed by atoms with E-state index in [0.29, 0.717) is 17.8 Å². The topological polar surface area (TPSA) is 40.5 Å². The van der Waals surface area contributed by atoms with Gasteiger partial charge in [-0.25, -0.2) is 0 Å². The van der Waals surface area contributed by atoms with Gasteiger partial charge in [0.2, 0.25) is 0 Å². The zero-order valence-electron chi connectivity index (χ0n) is 9.45. The number of hydrogen-bond acceptors (Lipinski definition) is 2. The number of rotatable bonds is 2. The highest BCUT2D eigenvalue weighted by molar-refractivity contribution is 5.13. The molecule has 0 saturated heterocycles. The van der Waals surface area contributed by atoms with E-state index in [0.717, 1.165) is 0 Å². The van der Waals surface area contributed by atoms with E-state index in [2.05, 4.69) is 20.8 Å². The van der Waals surface area contributed by atoms with Crippen LogP contribution in [-0.4, -0.2) is 23.4 Å². The Hall–Kier alpha value is -0.0800. The fraction of sp³-hybridized carbons (Fsp3) is 1.00. The number of fused-ring (bicyclic) bond motifs is 2. The summed E-state index contributed by atoms with van der Waals surface area (Å²) in [5, 5.41) is 18.9. The first-order valence-corrected chi connectivity index (χ1v) is 5.70. The average molecular weight is 198 g/mol.